The zero-order valence-corrected chi connectivity index (χ0v) is 13.1. The van der Waals surface area contributed by atoms with Crippen LogP contribution >= 0.6 is 34.8 Å². The molecule has 0 aliphatic heterocycles. The van der Waals surface area contributed by atoms with E-state index in [1.54, 1.807) is 16.8 Å². The molecule has 0 N–H and O–H groups in total. The second kappa shape index (κ2) is 4.92. The predicted molar refractivity (Wildman–Crippen MR) is 83.7 cm³/mol. The van der Waals surface area contributed by atoms with Crippen molar-refractivity contribution in [2.45, 2.75) is 6.92 Å². The number of benzene rings is 1. The molecule has 0 aliphatic rings. The standard InChI is InChI=1S/C14H10Cl3N3/c1-7-5-11(17)14-13(18-7)12(19-20(14)2)9-4-3-8(15)6-10(9)16/h3-6H,1-2H3. The van der Waals surface area contributed by atoms with Crippen molar-refractivity contribution in [3.8, 4) is 11.3 Å². The van der Waals surface area contributed by atoms with E-state index >= 15 is 0 Å². The summed E-state index contributed by atoms with van der Waals surface area (Å²) in [6, 6.07) is 7.13. The average Bonchev–Trinajstić information content (AvgIpc) is 2.66. The molecular formula is C14H10Cl3N3. The molecule has 0 amide bonds. The summed E-state index contributed by atoms with van der Waals surface area (Å²) in [7, 11) is 1.83. The molecule has 2 heterocycles. The third-order valence-electron chi connectivity index (χ3n) is 3.06. The molecule has 0 atom stereocenters. The fraction of sp³-hybridized carbons (Fsp3) is 0.143. The summed E-state index contributed by atoms with van der Waals surface area (Å²) in [5, 5.41) is 6.24. The highest BCUT2D eigenvalue weighted by molar-refractivity contribution is 6.37. The highest BCUT2D eigenvalue weighted by Crippen LogP contribution is 2.35. The van der Waals surface area contributed by atoms with Crippen molar-refractivity contribution >= 4 is 45.8 Å². The number of pyridine rings is 1. The van der Waals surface area contributed by atoms with E-state index in [2.05, 4.69) is 10.1 Å². The van der Waals surface area contributed by atoms with E-state index in [0.29, 0.717) is 20.8 Å². The van der Waals surface area contributed by atoms with Crippen molar-refractivity contribution in [2.24, 2.45) is 7.05 Å². The Morgan fingerprint density at radius 1 is 1.05 bits per heavy atom. The largest absolute Gasteiger partial charge is 0.264 e. The number of aryl methyl sites for hydroxylation is 2. The van der Waals surface area contributed by atoms with E-state index in [0.717, 1.165) is 22.3 Å². The Labute approximate surface area is 131 Å². The predicted octanol–water partition coefficient (Wildman–Crippen LogP) is 4.90. The number of aromatic nitrogens is 3. The Kier molecular flexibility index (Phi) is 3.36. The van der Waals surface area contributed by atoms with Gasteiger partial charge in [-0.05, 0) is 31.2 Å². The molecule has 0 aliphatic carbocycles. The quantitative estimate of drug-likeness (QED) is 0.636. The van der Waals surface area contributed by atoms with Crippen LogP contribution in [0.3, 0.4) is 0 Å². The van der Waals surface area contributed by atoms with Crippen LogP contribution in [-0.2, 0) is 7.05 Å². The molecule has 3 aromatic rings. The summed E-state index contributed by atoms with van der Waals surface area (Å²) < 4.78 is 1.71. The molecule has 0 saturated carbocycles. The van der Waals surface area contributed by atoms with Gasteiger partial charge in [-0.15, -0.1) is 0 Å². The Morgan fingerprint density at radius 3 is 2.50 bits per heavy atom. The van der Waals surface area contributed by atoms with Gasteiger partial charge in [0.1, 0.15) is 16.7 Å². The zero-order chi connectivity index (χ0) is 14.4. The van der Waals surface area contributed by atoms with Gasteiger partial charge in [-0.2, -0.15) is 5.10 Å². The minimum Gasteiger partial charge on any atom is -0.264 e. The van der Waals surface area contributed by atoms with Gasteiger partial charge in [-0.25, -0.2) is 4.98 Å². The Hall–Kier alpha value is -1.29. The minimum atomic E-state index is 0.539. The van der Waals surface area contributed by atoms with Crippen molar-refractivity contribution < 1.29 is 0 Å². The number of hydrogen-bond acceptors (Lipinski definition) is 2. The molecule has 0 spiro atoms. The van der Waals surface area contributed by atoms with Crippen LogP contribution in [0.1, 0.15) is 5.69 Å². The van der Waals surface area contributed by atoms with Crippen molar-refractivity contribution in [2.75, 3.05) is 0 Å². The number of halogens is 3. The van der Waals surface area contributed by atoms with Crippen LogP contribution < -0.4 is 0 Å². The first-order chi connectivity index (χ1) is 9.47. The summed E-state index contributed by atoms with van der Waals surface area (Å²) in [6.45, 7) is 1.89. The molecule has 102 valence electrons. The molecule has 2 aromatic heterocycles. The van der Waals surface area contributed by atoms with Crippen LogP contribution in [0, 0.1) is 6.92 Å². The van der Waals surface area contributed by atoms with E-state index in [4.69, 9.17) is 34.8 Å². The number of rotatable bonds is 1. The molecule has 0 bridgehead atoms. The van der Waals surface area contributed by atoms with Gasteiger partial charge in [0.2, 0.25) is 0 Å². The highest BCUT2D eigenvalue weighted by Gasteiger charge is 2.17. The van der Waals surface area contributed by atoms with Crippen molar-refractivity contribution in [1.29, 1.82) is 0 Å². The van der Waals surface area contributed by atoms with Crippen LogP contribution in [-0.4, -0.2) is 14.8 Å². The Morgan fingerprint density at radius 2 is 1.80 bits per heavy atom. The average molecular weight is 327 g/mol. The van der Waals surface area contributed by atoms with Crippen LogP contribution in [0.5, 0.6) is 0 Å². The van der Waals surface area contributed by atoms with Gasteiger partial charge in [0.15, 0.2) is 0 Å². The third-order valence-corrected chi connectivity index (χ3v) is 3.89. The number of hydrogen-bond donors (Lipinski definition) is 0. The minimum absolute atomic E-state index is 0.539. The Balaban J connectivity index is 2.37. The van der Waals surface area contributed by atoms with E-state index in [1.165, 1.54) is 0 Å². The van der Waals surface area contributed by atoms with Gasteiger partial charge in [-0.3, -0.25) is 4.68 Å². The lowest BCUT2D eigenvalue weighted by Crippen LogP contribution is -1.91. The molecule has 6 heteroatoms. The highest BCUT2D eigenvalue weighted by atomic mass is 35.5. The van der Waals surface area contributed by atoms with E-state index < -0.39 is 0 Å². The van der Waals surface area contributed by atoms with Crippen molar-refractivity contribution in [1.82, 2.24) is 14.8 Å². The molecular weight excluding hydrogens is 317 g/mol. The lowest BCUT2D eigenvalue weighted by molar-refractivity contribution is 0.800. The second-order valence-electron chi connectivity index (χ2n) is 4.54. The molecule has 1 aromatic carbocycles. The van der Waals surface area contributed by atoms with Crippen LogP contribution in [0.25, 0.3) is 22.3 Å². The number of fused-ring (bicyclic) bond motifs is 1. The van der Waals surface area contributed by atoms with Gasteiger partial charge in [-0.1, -0.05) is 34.8 Å². The Bertz CT molecular complexity index is 824. The first-order valence-corrected chi connectivity index (χ1v) is 7.06. The van der Waals surface area contributed by atoms with Crippen molar-refractivity contribution in [3.05, 3.63) is 45.0 Å². The topological polar surface area (TPSA) is 30.7 Å². The maximum absolute atomic E-state index is 6.28. The first kappa shape index (κ1) is 13.7. The van der Waals surface area contributed by atoms with Gasteiger partial charge < -0.3 is 0 Å². The monoisotopic (exact) mass is 325 g/mol. The van der Waals surface area contributed by atoms with Gasteiger partial charge in [0.05, 0.1) is 10.0 Å². The van der Waals surface area contributed by atoms with E-state index in [9.17, 15) is 0 Å². The lowest BCUT2D eigenvalue weighted by atomic mass is 10.1. The van der Waals surface area contributed by atoms with Gasteiger partial charge in [0.25, 0.3) is 0 Å². The molecule has 3 nitrogen and oxygen atoms in total. The van der Waals surface area contributed by atoms with Gasteiger partial charge >= 0.3 is 0 Å². The normalized spacial score (nSPS) is 11.2. The van der Waals surface area contributed by atoms with Crippen LogP contribution in [0.15, 0.2) is 24.3 Å². The first-order valence-electron chi connectivity index (χ1n) is 5.92. The summed E-state index contributed by atoms with van der Waals surface area (Å²) in [6.07, 6.45) is 0. The summed E-state index contributed by atoms with van der Waals surface area (Å²) in [5.74, 6) is 0. The lowest BCUT2D eigenvalue weighted by Gasteiger charge is -2.02. The fourth-order valence-electron chi connectivity index (χ4n) is 2.21. The van der Waals surface area contributed by atoms with Crippen LogP contribution in [0.2, 0.25) is 15.1 Å². The summed E-state index contributed by atoms with van der Waals surface area (Å²) in [5.41, 5.74) is 3.85. The molecule has 0 radical (unpaired) electrons. The second-order valence-corrected chi connectivity index (χ2v) is 5.79. The van der Waals surface area contributed by atoms with E-state index in [1.807, 2.05) is 26.1 Å². The van der Waals surface area contributed by atoms with E-state index in [-0.39, 0.29) is 0 Å². The summed E-state index contributed by atoms with van der Waals surface area (Å²) in [4.78, 5) is 4.54. The third kappa shape index (κ3) is 2.16. The maximum atomic E-state index is 6.28. The van der Waals surface area contributed by atoms with Crippen molar-refractivity contribution in [3.63, 3.8) is 0 Å². The smallest absolute Gasteiger partial charge is 0.120 e. The summed E-state index contributed by atoms with van der Waals surface area (Å²) >= 11 is 18.5. The molecule has 0 unspecified atom stereocenters. The maximum Gasteiger partial charge on any atom is 0.120 e. The number of nitrogens with zero attached hydrogens (tertiary/aromatic N) is 3. The molecule has 20 heavy (non-hydrogen) atoms. The molecule has 3 rings (SSSR count). The SMILES string of the molecule is Cc1cc(Cl)c2c(n1)c(-c1ccc(Cl)cc1Cl)nn2C. The fourth-order valence-corrected chi connectivity index (χ4v) is 3.08. The van der Waals surface area contributed by atoms with Gasteiger partial charge in [0, 0.05) is 23.3 Å². The molecule has 0 fully saturated rings. The zero-order valence-electron chi connectivity index (χ0n) is 10.8. The van der Waals surface area contributed by atoms with Crippen LogP contribution in [0.4, 0.5) is 0 Å². The molecule has 0 saturated heterocycles.